The number of hydrogen-bond donors (Lipinski definition) is 2. The summed E-state index contributed by atoms with van der Waals surface area (Å²) in [6.45, 7) is -0.171. The number of benzene rings is 3. The van der Waals surface area contributed by atoms with E-state index in [2.05, 4.69) is 5.32 Å². The average Bonchev–Trinajstić information content (AvgIpc) is 2.81. The molecule has 2 heterocycles. The zero-order valence-corrected chi connectivity index (χ0v) is 17.5. The quantitative estimate of drug-likeness (QED) is 0.635. The Labute approximate surface area is 189 Å². The minimum absolute atomic E-state index is 0.0447. The molecule has 1 fully saturated rings. The predicted molar refractivity (Wildman–Crippen MR) is 119 cm³/mol. The highest BCUT2D eigenvalue weighted by Crippen LogP contribution is 2.48. The molecule has 0 unspecified atom stereocenters. The van der Waals surface area contributed by atoms with Crippen LogP contribution in [0.2, 0.25) is 0 Å². The number of carbonyl (C=O) groups excluding carboxylic acids is 2. The molecule has 0 radical (unpaired) electrons. The Hall–Kier alpha value is -3.78. The number of aliphatic hydroxyl groups excluding tert-OH is 1. The van der Waals surface area contributed by atoms with Gasteiger partial charge in [0.1, 0.15) is 11.6 Å². The third-order valence-electron chi connectivity index (χ3n) is 6.39. The molecule has 1 saturated heterocycles. The summed E-state index contributed by atoms with van der Waals surface area (Å²) in [6, 6.07) is 17.2. The fraction of sp³-hybridized carbons (Fsp3) is 0.200. The van der Waals surface area contributed by atoms with Crippen molar-refractivity contribution in [2.45, 2.75) is 18.0 Å². The number of halogens is 2. The first kappa shape index (κ1) is 21.1. The Balaban J connectivity index is 1.49. The van der Waals surface area contributed by atoms with Crippen molar-refractivity contribution in [2.24, 2.45) is 0 Å². The Morgan fingerprint density at radius 3 is 2.33 bits per heavy atom. The number of likely N-dealkylation sites (tertiary alicyclic amines) is 1. The molecule has 3 aromatic carbocycles. The molecule has 6 nitrogen and oxygen atoms in total. The van der Waals surface area contributed by atoms with Crippen LogP contribution in [-0.2, 0) is 0 Å². The lowest BCUT2D eigenvalue weighted by molar-refractivity contribution is -0.0244. The van der Waals surface area contributed by atoms with Gasteiger partial charge >= 0.3 is 6.03 Å². The van der Waals surface area contributed by atoms with E-state index in [1.165, 1.54) is 46.2 Å². The molecule has 2 N–H and O–H groups in total. The van der Waals surface area contributed by atoms with E-state index in [4.69, 9.17) is 0 Å². The summed E-state index contributed by atoms with van der Waals surface area (Å²) in [4.78, 5) is 29.3. The third kappa shape index (κ3) is 3.43. The van der Waals surface area contributed by atoms with Crippen LogP contribution in [0, 0.1) is 11.6 Å². The molecule has 0 aromatic heterocycles. The standard InChI is InChI=1S/C25H21F2N3O3/c26-17-9-3-1-7-15(17)24(32)30-21-13-29(25(33)28-19-11-5-4-10-18(19)27)20-12-6-2-8-16(20)23(21)22(30)14-31/h1-12,21-23,31H,13-14H2,(H,28,33)/t21-,22+,23+/m0/s1. The Morgan fingerprint density at radius 2 is 1.61 bits per heavy atom. The molecular formula is C25H21F2N3O3. The smallest absolute Gasteiger partial charge is 0.326 e. The molecule has 168 valence electrons. The van der Waals surface area contributed by atoms with Crippen LogP contribution < -0.4 is 10.2 Å². The SMILES string of the molecule is O=C(Nc1ccccc1F)N1C[C@H]2[C@@H](c3ccccc31)[C@@H](CO)N2C(=O)c1ccccc1F. The fourth-order valence-corrected chi connectivity index (χ4v) is 4.88. The van der Waals surface area contributed by atoms with Crippen LogP contribution in [0.3, 0.4) is 0 Å². The average molecular weight is 449 g/mol. The maximum atomic E-state index is 14.3. The van der Waals surface area contributed by atoms with Gasteiger partial charge in [-0.15, -0.1) is 0 Å². The number of rotatable bonds is 3. The van der Waals surface area contributed by atoms with Crippen molar-refractivity contribution in [3.63, 3.8) is 0 Å². The van der Waals surface area contributed by atoms with Gasteiger partial charge in [-0.1, -0.05) is 42.5 Å². The molecule has 5 rings (SSSR count). The zero-order chi connectivity index (χ0) is 23.1. The van der Waals surface area contributed by atoms with Gasteiger partial charge in [0.05, 0.1) is 29.9 Å². The van der Waals surface area contributed by atoms with E-state index in [0.717, 1.165) is 5.56 Å². The predicted octanol–water partition coefficient (Wildman–Crippen LogP) is 3.99. The Morgan fingerprint density at radius 1 is 0.939 bits per heavy atom. The second kappa shape index (κ2) is 8.29. The Kier molecular flexibility index (Phi) is 5.30. The zero-order valence-electron chi connectivity index (χ0n) is 17.5. The van der Waals surface area contributed by atoms with Gasteiger partial charge in [-0.05, 0) is 35.9 Å². The van der Waals surface area contributed by atoms with Crippen LogP contribution in [-0.4, -0.2) is 47.2 Å². The molecule has 0 spiro atoms. The lowest BCUT2D eigenvalue weighted by atomic mass is 9.71. The van der Waals surface area contributed by atoms with Crippen molar-refractivity contribution in [2.75, 3.05) is 23.4 Å². The molecule has 33 heavy (non-hydrogen) atoms. The number of nitrogens with zero attached hydrogens (tertiary/aromatic N) is 2. The van der Waals surface area contributed by atoms with E-state index in [1.54, 1.807) is 24.3 Å². The van der Waals surface area contributed by atoms with Gasteiger partial charge in [-0.2, -0.15) is 0 Å². The second-order valence-corrected chi connectivity index (χ2v) is 8.11. The summed E-state index contributed by atoms with van der Waals surface area (Å²) in [5.41, 5.74) is 1.39. The number of para-hydroxylation sites is 2. The van der Waals surface area contributed by atoms with Gasteiger partial charge in [0.15, 0.2) is 0 Å². The first-order valence-corrected chi connectivity index (χ1v) is 10.6. The van der Waals surface area contributed by atoms with E-state index in [-0.39, 0.29) is 30.3 Å². The van der Waals surface area contributed by atoms with Crippen molar-refractivity contribution < 1.29 is 23.5 Å². The van der Waals surface area contributed by atoms with Crippen molar-refractivity contribution in [3.8, 4) is 0 Å². The summed E-state index contributed by atoms with van der Waals surface area (Å²) >= 11 is 0. The number of aliphatic hydroxyl groups is 1. The van der Waals surface area contributed by atoms with Gasteiger partial charge in [-0.3, -0.25) is 9.69 Å². The molecule has 0 saturated carbocycles. The lowest BCUT2D eigenvalue weighted by Crippen LogP contribution is -2.71. The van der Waals surface area contributed by atoms with Crippen LogP contribution in [0.15, 0.2) is 72.8 Å². The van der Waals surface area contributed by atoms with Gasteiger partial charge in [0.25, 0.3) is 5.91 Å². The maximum Gasteiger partial charge on any atom is 0.326 e. The highest BCUT2D eigenvalue weighted by molar-refractivity contribution is 6.03. The molecule has 3 aromatic rings. The van der Waals surface area contributed by atoms with Crippen molar-refractivity contribution in [1.82, 2.24) is 4.90 Å². The number of fused-ring (bicyclic) bond motifs is 3. The highest BCUT2D eigenvalue weighted by Gasteiger charge is 2.55. The maximum absolute atomic E-state index is 14.3. The minimum atomic E-state index is -0.645. The van der Waals surface area contributed by atoms with Crippen LogP contribution >= 0.6 is 0 Å². The molecular weight excluding hydrogens is 428 g/mol. The number of carbonyl (C=O) groups is 2. The first-order valence-electron chi connectivity index (χ1n) is 10.6. The third-order valence-corrected chi connectivity index (χ3v) is 6.39. The van der Waals surface area contributed by atoms with E-state index in [0.29, 0.717) is 5.69 Å². The van der Waals surface area contributed by atoms with Gasteiger partial charge in [0, 0.05) is 18.2 Å². The van der Waals surface area contributed by atoms with Crippen LogP contribution in [0.25, 0.3) is 0 Å². The largest absolute Gasteiger partial charge is 0.394 e. The van der Waals surface area contributed by atoms with Crippen LogP contribution in [0.1, 0.15) is 21.8 Å². The number of anilines is 2. The highest BCUT2D eigenvalue weighted by atomic mass is 19.1. The van der Waals surface area contributed by atoms with Gasteiger partial charge in [-0.25, -0.2) is 13.6 Å². The van der Waals surface area contributed by atoms with Crippen LogP contribution in [0.5, 0.6) is 0 Å². The number of urea groups is 1. The van der Waals surface area contributed by atoms with Crippen molar-refractivity contribution >= 4 is 23.3 Å². The Bertz CT molecular complexity index is 1230. The molecule has 0 bridgehead atoms. The van der Waals surface area contributed by atoms with Gasteiger partial charge in [0.2, 0.25) is 0 Å². The summed E-state index contributed by atoms with van der Waals surface area (Å²) in [7, 11) is 0. The van der Waals surface area contributed by atoms with E-state index in [1.807, 2.05) is 12.1 Å². The second-order valence-electron chi connectivity index (χ2n) is 8.11. The summed E-state index contributed by atoms with van der Waals surface area (Å²) in [6.07, 6.45) is 0. The molecule has 3 atom stereocenters. The molecule has 2 aliphatic heterocycles. The first-order chi connectivity index (χ1) is 16.0. The summed E-state index contributed by atoms with van der Waals surface area (Å²) < 4.78 is 28.4. The normalized spacial score (nSPS) is 21.0. The number of nitrogens with one attached hydrogen (secondary N) is 1. The van der Waals surface area contributed by atoms with Crippen LogP contribution in [0.4, 0.5) is 25.0 Å². The molecule has 2 aliphatic rings. The minimum Gasteiger partial charge on any atom is -0.394 e. The van der Waals surface area contributed by atoms with Crippen molar-refractivity contribution in [3.05, 3.63) is 95.6 Å². The molecule has 3 amide bonds. The molecule has 8 heteroatoms. The number of amides is 3. The summed E-state index contributed by atoms with van der Waals surface area (Å²) in [5, 5.41) is 12.7. The van der Waals surface area contributed by atoms with Gasteiger partial charge < -0.3 is 15.3 Å². The van der Waals surface area contributed by atoms with Crippen molar-refractivity contribution in [1.29, 1.82) is 0 Å². The molecule has 0 aliphatic carbocycles. The van der Waals surface area contributed by atoms with E-state index < -0.39 is 35.7 Å². The topological polar surface area (TPSA) is 72.9 Å². The summed E-state index contributed by atoms with van der Waals surface area (Å²) in [5.74, 6) is -1.95. The fourth-order valence-electron chi connectivity index (χ4n) is 4.88. The lowest BCUT2D eigenvalue weighted by Gasteiger charge is -2.58. The number of hydrogen-bond acceptors (Lipinski definition) is 3. The van der Waals surface area contributed by atoms with E-state index in [9.17, 15) is 23.5 Å². The monoisotopic (exact) mass is 449 g/mol. The van der Waals surface area contributed by atoms with E-state index >= 15 is 0 Å².